The van der Waals surface area contributed by atoms with E-state index in [-0.39, 0.29) is 11.5 Å². The standard InChI is InChI=1S/C20H21NO6S/c1-6-9-26-14-8-7-13(10-15(14)25-5)11-16-18(23)21(19(24)28-16)12-17(22)27-20(2,3)4/h1,7-8,10-11H,9,12H2,2-5H3. The molecule has 0 spiro atoms. The third-order valence-corrected chi connectivity index (χ3v) is 4.28. The number of ether oxygens (including phenoxy) is 3. The average Bonchev–Trinajstić information content (AvgIpc) is 2.86. The van der Waals surface area contributed by atoms with Crippen LogP contribution in [0.3, 0.4) is 0 Å². The molecule has 7 nitrogen and oxygen atoms in total. The van der Waals surface area contributed by atoms with E-state index in [4.69, 9.17) is 20.6 Å². The number of amides is 2. The van der Waals surface area contributed by atoms with Gasteiger partial charge in [-0.3, -0.25) is 19.3 Å². The van der Waals surface area contributed by atoms with Crippen molar-refractivity contribution in [2.75, 3.05) is 20.3 Å². The van der Waals surface area contributed by atoms with Crippen LogP contribution in [0.15, 0.2) is 23.1 Å². The minimum absolute atomic E-state index is 0.0965. The maximum absolute atomic E-state index is 12.5. The highest BCUT2D eigenvalue weighted by Crippen LogP contribution is 2.34. The number of benzene rings is 1. The minimum Gasteiger partial charge on any atom is -0.493 e. The first-order valence-electron chi connectivity index (χ1n) is 8.36. The molecule has 0 saturated carbocycles. The highest BCUT2D eigenvalue weighted by atomic mass is 32.2. The maximum atomic E-state index is 12.5. The number of imide groups is 1. The molecule has 1 aliphatic rings. The van der Waals surface area contributed by atoms with Gasteiger partial charge in [0.05, 0.1) is 12.0 Å². The fraction of sp³-hybridized carbons (Fsp3) is 0.350. The van der Waals surface area contributed by atoms with Gasteiger partial charge in [-0.05, 0) is 56.3 Å². The van der Waals surface area contributed by atoms with E-state index in [2.05, 4.69) is 5.92 Å². The summed E-state index contributed by atoms with van der Waals surface area (Å²) in [5.41, 5.74) is -0.0678. The molecule has 1 fully saturated rings. The van der Waals surface area contributed by atoms with Gasteiger partial charge in [-0.15, -0.1) is 6.42 Å². The molecule has 0 bridgehead atoms. The van der Waals surface area contributed by atoms with Crippen molar-refractivity contribution < 1.29 is 28.6 Å². The summed E-state index contributed by atoms with van der Waals surface area (Å²) >= 11 is 0.760. The Labute approximate surface area is 168 Å². The molecule has 0 radical (unpaired) electrons. The fourth-order valence-corrected chi connectivity index (χ4v) is 3.14. The number of carbonyl (C=O) groups excluding carboxylic acids is 3. The van der Waals surface area contributed by atoms with Crippen LogP contribution in [0.2, 0.25) is 0 Å². The molecule has 0 atom stereocenters. The van der Waals surface area contributed by atoms with Crippen molar-refractivity contribution >= 4 is 35.0 Å². The van der Waals surface area contributed by atoms with Crippen LogP contribution in [0.5, 0.6) is 11.5 Å². The summed E-state index contributed by atoms with van der Waals surface area (Å²) in [6, 6.07) is 5.02. The van der Waals surface area contributed by atoms with E-state index in [0.29, 0.717) is 17.1 Å². The van der Waals surface area contributed by atoms with Gasteiger partial charge in [0.2, 0.25) is 0 Å². The lowest BCUT2D eigenvalue weighted by Crippen LogP contribution is -2.37. The summed E-state index contributed by atoms with van der Waals surface area (Å²) < 4.78 is 15.8. The number of methoxy groups -OCH3 is 1. The van der Waals surface area contributed by atoms with E-state index in [1.807, 2.05) is 0 Å². The second-order valence-electron chi connectivity index (χ2n) is 6.76. The van der Waals surface area contributed by atoms with Gasteiger partial charge in [-0.1, -0.05) is 12.0 Å². The molecule has 1 aromatic rings. The first-order valence-corrected chi connectivity index (χ1v) is 9.18. The lowest BCUT2D eigenvalue weighted by molar-refractivity contribution is -0.156. The van der Waals surface area contributed by atoms with Gasteiger partial charge in [0.25, 0.3) is 11.1 Å². The van der Waals surface area contributed by atoms with Crippen molar-refractivity contribution in [1.29, 1.82) is 0 Å². The van der Waals surface area contributed by atoms with E-state index < -0.39 is 29.3 Å². The Balaban J connectivity index is 2.17. The second-order valence-corrected chi connectivity index (χ2v) is 7.75. The first-order chi connectivity index (χ1) is 13.1. The van der Waals surface area contributed by atoms with Crippen molar-refractivity contribution in [3.8, 4) is 23.8 Å². The van der Waals surface area contributed by atoms with Crippen molar-refractivity contribution in [3.05, 3.63) is 28.7 Å². The quantitative estimate of drug-likeness (QED) is 0.410. The first kappa shape index (κ1) is 21.4. The van der Waals surface area contributed by atoms with E-state index >= 15 is 0 Å². The van der Waals surface area contributed by atoms with Crippen LogP contribution in [0.4, 0.5) is 4.79 Å². The molecule has 0 aromatic heterocycles. The molecule has 28 heavy (non-hydrogen) atoms. The van der Waals surface area contributed by atoms with Crippen LogP contribution in [0, 0.1) is 12.3 Å². The van der Waals surface area contributed by atoms with Crippen LogP contribution in [0.25, 0.3) is 6.08 Å². The van der Waals surface area contributed by atoms with Crippen LogP contribution >= 0.6 is 11.8 Å². The topological polar surface area (TPSA) is 82.1 Å². The van der Waals surface area contributed by atoms with Crippen molar-refractivity contribution in [1.82, 2.24) is 4.90 Å². The van der Waals surface area contributed by atoms with Crippen LogP contribution in [-0.2, 0) is 14.3 Å². The molecule has 0 aliphatic carbocycles. The van der Waals surface area contributed by atoms with Crippen LogP contribution in [-0.4, -0.2) is 47.9 Å². The SMILES string of the molecule is C#CCOc1ccc(C=C2SC(=O)N(CC(=O)OC(C)(C)C)C2=O)cc1OC. The fourth-order valence-electron chi connectivity index (χ4n) is 2.30. The van der Waals surface area contributed by atoms with Crippen molar-refractivity contribution in [2.45, 2.75) is 26.4 Å². The summed E-state index contributed by atoms with van der Waals surface area (Å²) in [7, 11) is 1.48. The molecule has 0 unspecified atom stereocenters. The van der Waals surface area contributed by atoms with Crippen LogP contribution < -0.4 is 9.47 Å². The molecule has 1 aliphatic heterocycles. The van der Waals surface area contributed by atoms with Gasteiger partial charge in [0, 0.05) is 0 Å². The summed E-state index contributed by atoms with van der Waals surface area (Å²) in [5, 5.41) is -0.525. The summed E-state index contributed by atoms with van der Waals surface area (Å²) in [4.78, 5) is 37.7. The van der Waals surface area contributed by atoms with Gasteiger partial charge < -0.3 is 14.2 Å². The summed E-state index contributed by atoms with van der Waals surface area (Å²) in [6.07, 6.45) is 6.73. The smallest absolute Gasteiger partial charge is 0.326 e. The maximum Gasteiger partial charge on any atom is 0.326 e. The van der Waals surface area contributed by atoms with E-state index in [0.717, 1.165) is 16.7 Å². The summed E-state index contributed by atoms with van der Waals surface area (Å²) in [6.45, 7) is 4.80. The lowest BCUT2D eigenvalue weighted by atomic mass is 10.2. The molecule has 0 N–H and O–H groups in total. The molecule has 1 heterocycles. The van der Waals surface area contributed by atoms with Gasteiger partial charge in [-0.25, -0.2) is 0 Å². The van der Waals surface area contributed by atoms with Crippen molar-refractivity contribution in [2.24, 2.45) is 0 Å². The zero-order valence-electron chi connectivity index (χ0n) is 16.1. The van der Waals surface area contributed by atoms with Crippen LogP contribution in [0.1, 0.15) is 26.3 Å². The Bertz CT molecular complexity index is 862. The van der Waals surface area contributed by atoms with Gasteiger partial charge in [-0.2, -0.15) is 0 Å². The summed E-state index contributed by atoms with van der Waals surface area (Å²) in [5.74, 6) is 2.08. The number of carbonyl (C=O) groups is 3. The number of hydrogen-bond donors (Lipinski definition) is 0. The molecule has 1 aromatic carbocycles. The molecular weight excluding hydrogens is 382 g/mol. The highest BCUT2D eigenvalue weighted by Gasteiger charge is 2.37. The highest BCUT2D eigenvalue weighted by molar-refractivity contribution is 8.18. The zero-order valence-corrected chi connectivity index (χ0v) is 16.9. The molecular formula is C20H21NO6S. The Hall–Kier alpha value is -2.92. The Kier molecular flexibility index (Phi) is 6.75. The predicted molar refractivity (Wildman–Crippen MR) is 106 cm³/mol. The van der Waals surface area contributed by atoms with E-state index in [9.17, 15) is 14.4 Å². The van der Waals surface area contributed by atoms with Gasteiger partial charge in [0.1, 0.15) is 18.8 Å². The minimum atomic E-state index is -0.700. The van der Waals surface area contributed by atoms with E-state index in [1.54, 1.807) is 45.0 Å². The lowest BCUT2D eigenvalue weighted by Gasteiger charge is -2.21. The third-order valence-electron chi connectivity index (χ3n) is 3.38. The number of thioether (sulfide) groups is 1. The number of esters is 1. The number of rotatable bonds is 6. The Morgan fingerprint density at radius 3 is 2.61 bits per heavy atom. The van der Waals surface area contributed by atoms with E-state index in [1.165, 1.54) is 7.11 Å². The zero-order chi connectivity index (χ0) is 20.9. The normalized spacial score (nSPS) is 15.5. The largest absolute Gasteiger partial charge is 0.493 e. The molecule has 8 heteroatoms. The van der Waals surface area contributed by atoms with Crippen molar-refractivity contribution in [3.63, 3.8) is 0 Å². The van der Waals surface area contributed by atoms with Gasteiger partial charge >= 0.3 is 5.97 Å². The average molecular weight is 403 g/mol. The number of nitrogens with zero attached hydrogens (tertiary/aromatic N) is 1. The Morgan fingerprint density at radius 2 is 2.00 bits per heavy atom. The monoisotopic (exact) mass is 403 g/mol. The molecule has 2 amide bonds. The third kappa shape index (κ3) is 5.54. The Morgan fingerprint density at radius 1 is 1.29 bits per heavy atom. The van der Waals surface area contributed by atoms with Gasteiger partial charge in [0.15, 0.2) is 11.5 Å². The number of hydrogen-bond acceptors (Lipinski definition) is 7. The predicted octanol–water partition coefficient (Wildman–Crippen LogP) is 3.09. The molecule has 1 saturated heterocycles. The molecule has 148 valence electrons. The second kappa shape index (κ2) is 8.85. The molecule has 2 rings (SSSR count). The number of terminal acetylenes is 1.